The fourth-order valence-corrected chi connectivity index (χ4v) is 3.08. The lowest BCUT2D eigenvalue weighted by molar-refractivity contribution is -0.128. The molecule has 1 aliphatic rings. The van der Waals surface area contributed by atoms with Gasteiger partial charge in [0.05, 0.1) is 0 Å². The van der Waals surface area contributed by atoms with Crippen molar-refractivity contribution in [3.8, 4) is 11.5 Å². The molecule has 7 heteroatoms. The Kier molecular flexibility index (Phi) is 6.76. The van der Waals surface area contributed by atoms with E-state index in [0.717, 1.165) is 0 Å². The lowest BCUT2D eigenvalue weighted by Crippen LogP contribution is -2.49. The molecule has 2 aromatic carbocycles. The Morgan fingerprint density at radius 1 is 1.04 bits per heavy atom. The molecule has 148 valence electrons. The number of halogens is 1. The highest BCUT2D eigenvalue weighted by Gasteiger charge is 2.26. The maximum Gasteiger partial charge on any atom is 0.415 e. The number of para-hydroxylation sites is 1. The number of likely N-dealkylation sites (tertiary alicyclic amines) is 1. The van der Waals surface area contributed by atoms with E-state index in [0.29, 0.717) is 42.5 Å². The molecule has 1 heterocycles. The number of benzene rings is 2. The van der Waals surface area contributed by atoms with Crippen LogP contribution in [0, 0.1) is 0 Å². The molecule has 0 aromatic heterocycles. The minimum Gasteiger partial charge on any atom is -0.481 e. The molecule has 3 rings (SSSR count). The van der Waals surface area contributed by atoms with E-state index in [1.165, 1.54) is 0 Å². The molecule has 1 atom stereocenters. The van der Waals surface area contributed by atoms with Crippen LogP contribution < -0.4 is 14.8 Å². The highest BCUT2D eigenvalue weighted by Crippen LogP contribution is 2.18. The first-order valence-corrected chi connectivity index (χ1v) is 9.63. The first-order chi connectivity index (χ1) is 13.5. The molecule has 1 N–H and O–H groups in total. The minimum absolute atomic E-state index is 0.00421. The second kappa shape index (κ2) is 9.46. The number of hydrogen-bond donors (Lipinski definition) is 1. The van der Waals surface area contributed by atoms with Gasteiger partial charge in [0.1, 0.15) is 11.5 Å². The zero-order valence-electron chi connectivity index (χ0n) is 15.6. The zero-order chi connectivity index (χ0) is 19.9. The van der Waals surface area contributed by atoms with Gasteiger partial charge in [-0.2, -0.15) is 0 Å². The molecule has 1 fully saturated rings. The molecule has 0 aliphatic carbocycles. The van der Waals surface area contributed by atoms with Crippen molar-refractivity contribution in [2.24, 2.45) is 0 Å². The Morgan fingerprint density at radius 2 is 1.68 bits per heavy atom. The van der Waals surface area contributed by atoms with Gasteiger partial charge >= 0.3 is 6.09 Å². The van der Waals surface area contributed by atoms with Crippen LogP contribution in [0.2, 0.25) is 5.02 Å². The van der Waals surface area contributed by atoms with Crippen LogP contribution in [0.5, 0.6) is 11.5 Å². The predicted molar refractivity (Wildman–Crippen MR) is 107 cm³/mol. The summed E-state index contributed by atoms with van der Waals surface area (Å²) >= 11 is 5.85. The number of carbonyl (C=O) groups is 2. The van der Waals surface area contributed by atoms with Crippen molar-refractivity contribution in [3.05, 3.63) is 59.6 Å². The number of piperidine rings is 1. The number of carbonyl (C=O) groups excluding carboxylic acids is 2. The van der Waals surface area contributed by atoms with E-state index in [4.69, 9.17) is 21.1 Å². The second-order valence-electron chi connectivity index (χ2n) is 6.66. The molecule has 6 nitrogen and oxygen atoms in total. The Bertz CT molecular complexity index is 790. The van der Waals surface area contributed by atoms with Gasteiger partial charge in [-0.25, -0.2) is 4.79 Å². The fourth-order valence-electron chi connectivity index (χ4n) is 2.95. The van der Waals surface area contributed by atoms with Crippen molar-refractivity contribution < 1.29 is 19.1 Å². The van der Waals surface area contributed by atoms with Crippen LogP contribution in [-0.4, -0.2) is 42.1 Å². The summed E-state index contributed by atoms with van der Waals surface area (Å²) in [4.78, 5) is 26.2. The molecule has 0 spiro atoms. The van der Waals surface area contributed by atoms with Crippen LogP contribution in [0.3, 0.4) is 0 Å². The molecule has 28 heavy (non-hydrogen) atoms. The first-order valence-electron chi connectivity index (χ1n) is 9.25. The van der Waals surface area contributed by atoms with Gasteiger partial charge in [0, 0.05) is 24.2 Å². The van der Waals surface area contributed by atoms with Crippen molar-refractivity contribution in [2.45, 2.75) is 31.9 Å². The highest BCUT2D eigenvalue weighted by atomic mass is 35.5. The maximum absolute atomic E-state index is 12.4. The Labute approximate surface area is 169 Å². The number of nitrogens with one attached hydrogen (secondary N) is 1. The molecule has 2 aromatic rings. The SMILES string of the molecule is CC(Oc1ccc(Cl)cc1)C(=O)NC1CCN(C(=O)Oc2ccccc2)CC1. The quantitative estimate of drug-likeness (QED) is 0.823. The number of nitrogens with zero attached hydrogens (tertiary/aromatic N) is 1. The molecule has 2 amide bonds. The average molecular weight is 403 g/mol. The molecule has 1 aliphatic heterocycles. The van der Waals surface area contributed by atoms with Gasteiger partial charge < -0.3 is 19.7 Å². The van der Waals surface area contributed by atoms with E-state index in [1.807, 2.05) is 18.2 Å². The van der Waals surface area contributed by atoms with Crippen molar-refractivity contribution in [2.75, 3.05) is 13.1 Å². The average Bonchev–Trinajstić information content (AvgIpc) is 2.71. The van der Waals surface area contributed by atoms with Gasteiger partial charge in [-0.3, -0.25) is 4.79 Å². The number of rotatable bonds is 5. The third-order valence-electron chi connectivity index (χ3n) is 4.54. The Hall–Kier alpha value is -2.73. The van der Waals surface area contributed by atoms with E-state index in [-0.39, 0.29) is 18.0 Å². The van der Waals surface area contributed by atoms with Crippen LogP contribution in [-0.2, 0) is 4.79 Å². The summed E-state index contributed by atoms with van der Waals surface area (Å²) < 4.78 is 11.0. The highest BCUT2D eigenvalue weighted by molar-refractivity contribution is 6.30. The normalized spacial score (nSPS) is 15.6. The van der Waals surface area contributed by atoms with Gasteiger partial charge in [-0.05, 0) is 56.2 Å². The van der Waals surface area contributed by atoms with Crippen LogP contribution in [0.15, 0.2) is 54.6 Å². The van der Waals surface area contributed by atoms with Crippen LogP contribution in [0.4, 0.5) is 4.79 Å². The monoisotopic (exact) mass is 402 g/mol. The standard InChI is InChI=1S/C21H23ClN2O4/c1-15(27-19-9-7-16(22)8-10-19)20(25)23-17-11-13-24(14-12-17)21(26)28-18-5-3-2-4-6-18/h2-10,15,17H,11-14H2,1H3,(H,23,25). The van der Waals surface area contributed by atoms with E-state index >= 15 is 0 Å². The molecule has 0 bridgehead atoms. The van der Waals surface area contributed by atoms with Crippen LogP contribution in [0.25, 0.3) is 0 Å². The molecular formula is C21H23ClN2O4. The summed E-state index contributed by atoms with van der Waals surface area (Å²) in [5.41, 5.74) is 0. The van der Waals surface area contributed by atoms with Gasteiger partial charge in [0.15, 0.2) is 6.10 Å². The van der Waals surface area contributed by atoms with Crippen LogP contribution in [0.1, 0.15) is 19.8 Å². The summed E-state index contributed by atoms with van der Waals surface area (Å²) in [7, 11) is 0. The fraction of sp³-hybridized carbons (Fsp3) is 0.333. The molecule has 0 radical (unpaired) electrons. The summed E-state index contributed by atoms with van der Waals surface area (Å²) in [6.45, 7) is 2.77. The van der Waals surface area contributed by atoms with E-state index in [1.54, 1.807) is 48.2 Å². The van der Waals surface area contributed by atoms with Crippen molar-refractivity contribution in [1.29, 1.82) is 0 Å². The second-order valence-corrected chi connectivity index (χ2v) is 7.10. The van der Waals surface area contributed by atoms with E-state index in [2.05, 4.69) is 5.32 Å². The van der Waals surface area contributed by atoms with Gasteiger partial charge in [0.2, 0.25) is 0 Å². The van der Waals surface area contributed by atoms with Crippen molar-refractivity contribution in [1.82, 2.24) is 10.2 Å². The topological polar surface area (TPSA) is 67.9 Å². The van der Waals surface area contributed by atoms with E-state index in [9.17, 15) is 9.59 Å². The van der Waals surface area contributed by atoms with Gasteiger partial charge in [0.25, 0.3) is 5.91 Å². The minimum atomic E-state index is -0.623. The molecule has 1 unspecified atom stereocenters. The summed E-state index contributed by atoms with van der Waals surface area (Å²) in [6.07, 6.45) is 0.352. The number of hydrogen-bond acceptors (Lipinski definition) is 4. The lowest BCUT2D eigenvalue weighted by Gasteiger charge is -2.32. The molecule has 0 saturated carbocycles. The number of ether oxygens (including phenoxy) is 2. The largest absolute Gasteiger partial charge is 0.481 e. The van der Waals surface area contributed by atoms with Gasteiger partial charge in [-0.15, -0.1) is 0 Å². The molecule has 1 saturated heterocycles. The predicted octanol–water partition coefficient (Wildman–Crippen LogP) is 3.89. The summed E-state index contributed by atoms with van der Waals surface area (Å²) in [6, 6.07) is 15.9. The summed E-state index contributed by atoms with van der Waals surface area (Å²) in [5, 5.41) is 3.60. The van der Waals surface area contributed by atoms with E-state index < -0.39 is 6.10 Å². The van der Waals surface area contributed by atoms with Gasteiger partial charge in [-0.1, -0.05) is 29.8 Å². The summed E-state index contributed by atoms with van der Waals surface area (Å²) in [5.74, 6) is 0.932. The number of amides is 2. The van der Waals surface area contributed by atoms with Crippen LogP contribution >= 0.6 is 11.6 Å². The smallest absolute Gasteiger partial charge is 0.415 e. The third kappa shape index (κ3) is 5.63. The zero-order valence-corrected chi connectivity index (χ0v) is 16.4. The first kappa shape index (κ1) is 20.0. The Morgan fingerprint density at radius 3 is 2.32 bits per heavy atom. The van der Waals surface area contributed by atoms with Crippen molar-refractivity contribution in [3.63, 3.8) is 0 Å². The molecular weight excluding hydrogens is 380 g/mol. The third-order valence-corrected chi connectivity index (χ3v) is 4.80. The maximum atomic E-state index is 12.4. The Balaban J connectivity index is 1.42. The van der Waals surface area contributed by atoms with Crippen molar-refractivity contribution >= 4 is 23.6 Å². The lowest BCUT2D eigenvalue weighted by atomic mass is 10.1.